The summed E-state index contributed by atoms with van der Waals surface area (Å²) in [6.45, 7) is 3.91. The van der Waals surface area contributed by atoms with Gasteiger partial charge in [-0.1, -0.05) is 46.6 Å². The highest BCUT2D eigenvalue weighted by molar-refractivity contribution is 6.34. The van der Waals surface area contributed by atoms with Gasteiger partial charge in [-0.25, -0.2) is 0 Å². The number of ketones is 1. The maximum absolute atomic E-state index is 12.7. The monoisotopic (exact) mass is 452 g/mol. The van der Waals surface area contributed by atoms with Crippen molar-refractivity contribution in [3.63, 3.8) is 0 Å². The Labute approximate surface area is 191 Å². The van der Waals surface area contributed by atoms with E-state index in [1.54, 1.807) is 12.3 Å². The number of nitrogens with zero attached hydrogens (tertiary/aromatic N) is 2. The topological polar surface area (TPSA) is 51.5 Å². The number of aromatic nitrogens is 1. The predicted octanol–water partition coefficient (Wildman–Crippen LogP) is 6.55. The molecule has 1 unspecified atom stereocenters. The van der Waals surface area contributed by atoms with Gasteiger partial charge in [0.2, 0.25) is 0 Å². The van der Waals surface area contributed by atoms with E-state index in [1.807, 2.05) is 62.4 Å². The molecule has 3 aromatic rings. The van der Waals surface area contributed by atoms with Gasteiger partial charge in [-0.3, -0.25) is 9.78 Å². The van der Waals surface area contributed by atoms with Gasteiger partial charge in [-0.05, 0) is 67.8 Å². The zero-order valence-corrected chi connectivity index (χ0v) is 18.9. The van der Waals surface area contributed by atoms with Crippen molar-refractivity contribution in [3.8, 4) is 0 Å². The van der Waals surface area contributed by atoms with Gasteiger partial charge in [0, 0.05) is 45.9 Å². The van der Waals surface area contributed by atoms with Gasteiger partial charge in [0.1, 0.15) is 0 Å². The average molecular weight is 453 g/mol. The first kappa shape index (κ1) is 21.5. The van der Waals surface area contributed by atoms with Crippen LogP contribution in [-0.4, -0.2) is 16.5 Å². The van der Waals surface area contributed by atoms with Crippen molar-refractivity contribution in [1.82, 2.24) is 4.98 Å². The summed E-state index contributed by atoms with van der Waals surface area (Å²) in [5.74, 6) is 0.109. The zero-order valence-electron chi connectivity index (χ0n) is 17.4. The third-order valence-corrected chi connectivity index (χ3v) is 5.97. The summed E-state index contributed by atoms with van der Waals surface area (Å²) in [5.41, 5.74) is 4.57. The van der Waals surface area contributed by atoms with Crippen molar-refractivity contribution in [2.45, 2.75) is 38.7 Å². The largest absolute Gasteiger partial charge is 0.384 e. The Morgan fingerprint density at radius 1 is 1.10 bits per heavy atom. The molecule has 4 nitrogen and oxygen atoms in total. The Morgan fingerprint density at radius 2 is 1.87 bits per heavy atom. The van der Waals surface area contributed by atoms with Crippen LogP contribution in [0.15, 0.2) is 65.9 Å². The van der Waals surface area contributed by atoms with Crippen LogP contribution in [0.1, 0.15) is 52.5 Å². The molecule has 1 atom stereocenters. The van der Waals surface area contributed by atoms with Crippen LogP contribution in [0.4, 0.5) is 0 Å². The fourth-order valence-electron chi connectivity index (χ4n) is 3.79. The number of rotatable bonds is 6. The van der Waals surface area contributed by atoms with Crippen LogP contribution in [0.5, 0.6) is 0 Å². The van der Waals surface area contributed by atoms with Crippen molar-refractivity contribution in [2.24, 2.45) is 5.16 Å². The molecule has 4 rings (SSSR count). The number of benzene rings is 2. The number of halogens is 2. The minimum atomic E-state index is -0.644. The minimum absolute atomic E-state index is 0.109. The third kappa shape index (κ3) is 4.81. The summed E-state index contributed by atoms with van der Waals surface area (Å²) in [6.07, 6.45) is 3.38. The summed E-state index contributed by atoms with van der Waals surface area (Å²) in [7, 11) is 0. The Kier molecular flexibility index (Phi) is 6.12. The molecule has 1 aromatic heterocycles. The fraction of sp³-hybridized carbons (Fsp3) is 0.240. The van der Waals surface area contributed by atoms with Gasteiger partial charge in [-0.15, -0.1) is 0 Å². The minimum Gasteiger partial charge on any atom is -0.384 e. The van der Waals surface area contributed by atoms with Gasteiger partial charge in [0.05, 0.1) is 5.71 Å². The van der Waals surface area contributed by atoms with Crippen molar-refractivity contribution < 1.29 is 9.63 Å². The van der Waals surface area contributed by atoms with Gasteiger partial charge in [-0.2, -0.15) is 0 Å². The highest BCUT2D eigenvalue weighted by Crippen LogP contribution is 2.38. The van der Waals surface area contributed by atoms with E-state index in [9.17, 15) is 4.79 Å². The molecule has 0 saturated heterocycles. The van der Waals surface area contributed by atoms with Gasteiger partial charge in [0.15, 0.2) is 11.4 Å². The third-order valence-electron chi connectivity index (χ3n) is 5.53. The molecule has 1 aliphatic heterocycles. The Bertz CT molecular complexity index is 1140. The number of aryl methyl sites for hydroxylation is 2. The van der Waals surface area contributed by atoms with E-state index >= 15 is 0 Å². The quantitative estimate of drug-likeness (QED) is 0.398. The van der Waals surface area contributed by atoms with Crippen LogP contribution >= 0.6 is 23.2 Å². The number of hydrogen-bond donors (Lipinski definition) is 0. The Morgan fingerprint density at radius 3 is 2.55 bits per heavy atom. The highest BCUT2D eigenvalue weighted by Gasteiger charge is 2.37. The van der Waals surface area contributed by atoms with E-state index in [-0.39, 0.29) is 5.78 Å². The van der Waals surface area contributed by atoms with E-state index in [0.29, 0.717) is 29.3 Å². The number of carbonyl (C=O) groups excluding carboxylic acids is 1. The molecular formula is C25H22Cl2N2O2. The van der Waals surface area contributed by atoms with Crippen LogP contribution < -0.4 is 0 Å². The Balaban J connectivity index is 1.47. The maximum atomic E-state index is 12.7. The zero-order chi connectivity index (χ0) is 22.0. The SMILES string of the molecule is Cc1cc(C2=NOC(C)(c3cc(Cl)cc(Cl)c3)C2)ccc1C(=O)CCc1ccccn1. The highest BCUT2D eigenvalue weighted by atomic mass is 35.5. The first-order valence-corrected chi connectivity index (χ1v) is 10.9. The van der Waals surface area contributed by atoms with Gasteiger partial charge >= 0.3 is 0 Å². The molecule has 0 N–H and O–H groups in total. The van der Waals surface area contributed by atoms with Crippen LogP contribution in [0.2, 0.25) is 10.0 Å². The molecule has 0 aliphatic carbocycles. The van der Waals surface area contributed by atoms with Gasteiger partial charge in [0.25, 0.3) is 0 Å². The molecule has 2 heterocycles. The van der Waals surface area contributed by atoms with E-state index in [0.717, 1.165) is 33.7 Å². The molecule has 0 radical (unpaired) electrons. The molecule has 0 amide bonds. The lowest BCUT2D eigenvalue weighted by atomic mass is 9.88. The van der Waals surface area contributed by atoms with Gasteiger partial charge < -0.3 is 4.84 Å². The van der Waals surface area contributed by atoms with E-state index in [1.165, 1.54) is 0 Å². The van der Waals surface area contributed by atoms with E-state index in [2.05, 4.69) is 10.1 Å². The molecule has 0 saturated carbocycles. The molecule has 0 spiro atoms. The molecule has 1 aliphatic rings. The summed E-state index contributed by atoms with van der Waals surface area (Å²) >= 11 is 12.3. The maximum Gasteiger partial charge on any atom is 0.165 e. The molecule has 2 aromatic carbocycles. The van der Waals surface area contributed by atoms with Crippen LogP contribution in [0.25, 0.3) is 0 Å². The lowest BCUT2D eigenvalue weighted by molar-refractivity contribution is -0.00737. The fourth-order valence-corrected chi connectivity index (χ4v) is 4.31. The second kappa shape index (κ2) is 8.81. The first-order chi connectivity index (χ1) is 14.8. The van der Waals surface area contributed by atoms with Crippen molar-refractivity contribution in [2.75, 3.05) is 0 Å². The van der Waals surface area contributed by atoms with Crippen molar-refractivity contribution >= 4 is 34.7 Å². The van der Waals surface area contributed by atoms with E-state index < -0.39 is 5.60 Å². The van der Waals surface area contributed by atoms with E-state index in [4.69, 9.17) is 28.0 Å². The van der Waals surface area contributed by atoms with Crippen LogP contribution in [-0.2, 0) is 16.9 Å². The average Bonchev–Trinajstić information content (AvgIpc) is 3.15. The molecule has 0 bridgehead atoms. The predicted molar refractivity (Wildman–Crippen MR) is 124 cm³/mol. The standard InChI is InChI=1S/C25H22Cl2N2O2/c1-16-11-17(6-8-22(16)24(30)9-7-21-5-3-4-10-28-21)23-15-25(2,31-29-23)18-12-19(26)14-20(27)13-18/h3-6,8,10-14H,7,9,15H2,1-2H3. The van der Waals surface area contributed by atoms with Crippen molar-refractivity contribution in [3.05, 3.63) is 98.8 Å². The Hall–Kier alpha value is -2.69. The second-order valence-electron chi connectivity index (χ2n) is 7.97. The van der Waals surface area contributed by atoms with Crippen LogP contribution in [0.3, 0.4) is 0 Å². The lowest BCUT2D eigenvalue weighted by Gasteiger charge is -2.22. The smallest absolute Gasteiger partial charge is 0.165 e. The molecular weight excluding hydrogens is 431 g/mol. The first-order valence-electron chi connectivity index (χ1n) is 10.1. The summed E-state index contributed by atoms with van der Waals surface area (Å²) < 4.78 is 0. The normalized spacial score (nSPS) is 17.9. The molecule has 0 fully saturated rings. The number of pyridine rings is 1. The number of oxime groups is 1. The molecule has 6 heteroatoms. The number of Topliss-reactive ketones (excluding diaryl/α,β-unsaturated/α-hetero) is 1. The summed E-state index contributed by atoms with van der Waals surface area (Å²) in [5, 5.41) is 5.44. The number of hydrogen-bond acceptors (Lipinski definition) is 4. The van der Waals surface area contributed by atoms with Crippen molar-refractivity contribution in [1.29, 1.82) is 0 Å². The summed E-state index contributed by atoms with van der Waals surface area (Å²) in [6, 6.07) is 16.9. The molecule has 158 valence electrons. The van der Waals surface area contributed by atoms with Crippen LogP contribution in [0, 0.1) is 6.92 Å². The summed E-state index contributed by atoms with van der Waals surface area (Å²) in [4.78, 5) is 22.8. The molecule has 31 heavy (non-hydrogen) atoms. The lowest BCUT2D eigenvalue weighted by Crippen LogP contribution is -2.22. The number of carbonyl (C=O) groups is 1. The second-order valence-corrected chi connectivity index (χ2v) is 8.84.